The van der Waals surface area contributed by atoms with E-state index in [1.54, 1.807) is 19.1 Å². The third-order valence-corrected chi connectivity index (χ3v) is 2.78. The zero-order valence-electron chi connectivity index (χ0n) is 9.93. The van der Waals surface area contributed by atoms with Gasteiger partial charge < -0.3 is 9.84 Å². The van der Waals surface area contributed by atoms with E-state index in [1.165, 1.54) is 7.11 Å². The summed E-state index contributed by atoms with van der Waals surface area (Å²) in [4.78, 5) is 11.2. The number of hydrogen-bond acceptors (Lipinski definition) is 3. The second-order valence-corrected chi connectivity index (χ2v) is 3.87. The molecule has 3 nitrogen and oxygen atoms in total. The van der Waals surface area contributed by atoms with Crippen molar-refractivity contribution in [3.63, 3.8) is 0 Å². The zero-order chi connectivity index (χ0) is 12.1. The van der Waals surface area contributed by atoms with Gasteiger partial charge in [-0.3, -0.25) is 0 Å². The number of methoxy groups -OCH3 is 1. The molecule has 0 amide bonds. The van der Waals surface area contributed by atoms with Crippen LogP contribution in [-0.2, 0) is 4.74 Å². The lowest BCUT2D eigenvalue weighted by atomic mass is 9.91. The highest BCUT2D eigenvalue weighted by molar-refractivity contribution is 5.89. The smallest absolute Gasteiger partial charge is 0.337 e. The molecule has 0 fully saturated rings. The summed E-state index contributed by atoms with van der Waals surface area (Å²) in [6, 6.07) is 7.19. The lowest BCUT2D eigenvalue weighted by Crippen LogP contribution is -2.13. The van der Waals surface area contributed by atoms with Crippen molar-refractivity contribution in [3.05, 3.63) is 35.4 Å². The summed E-state index contributed by atoms with van der Waals surface area (Å²) in [5.74, 6) is -0.219. The van der Waals surface area contributed by atoms with E-state index in [0.29, 0.717) is 5.56 Å². The Morgan fingerprint density at radius 3 is 2.31 bits per heavy atom. The number of esters is 1. The monoisotopic (exact) mass is 222 g/mol. The van der Waals surface area contributed by atoms with Gasteiger partial charge in [0.05, 0.1) is 18.8 Å². The second-order valence-electron chi connectivity index (χ2n) is 3.87. The van der Waals surface area contributed by atoms with Crippen LogP contribution in [0.2, 0.25) is 0 Å². The topological polar surface area (TPSA) is 46.5 Å². The molecular formula is C13H18O3. The van der Waals surface area contributed by atoms with Gasteiger partial charge in [0, 0.05) is 5.92 Å². The van der Waals surface area contributed by atoms with Crippen LogP contribution in [0.1, 0.15) is 42.1 Å². The summed E-state index contributed by atoms with van der Waals surface area (Å²) < 4.78 is 4.62. The average molecular weight is 222 g/mol. The van der Waals surface area contributed by atoms with Crippen LogP contribution in [0.4, 0.5) is 0 Å². The zero-order valence-corrected chi connectivity index (χ0v) is 9.93. The SMILES string of the molecule is CC[C@@H](c1ccc(C(=O)OC)cc1)[C@@H](C)O. The first-order valence-electron chi connectivity index (χ1n) is 5.46. The van der Waals surface area contributed by atoms with E-state index >= 15 is 0 Å². The maximum absolute atomic E-state index is 11.2. The summed E-state index contributed by atoms with van der Waals surface area (Å²) >= 11 is 0. The maximum Gasteiger partial charge on any atom is 0.337 e. The van der Waals surface area contributed by atoms with Crippen LogP contribution in [0.5, 0.6) is 0 Å². The molecule has 0 unspecified atom stereocenters. The molecule has 0 aliphatic heterocycles. The third-order valence-electron chi connectivity index (χ3n) is 2.78. The van der Waals surface area contributed by atoms with E-state index in [-0.39, 0.29) is 18.0 Å². The average Bonchev–Trinajstić information content (AvgIpc) is 2.29. The lowest BCUT2D eigenvalue weighted by Gasteiger charge is -2.18. The van der Waals surface area contributed by atoms with E-state index in [9.17, 15) is 9.90 Å². The molecule has 0 saturated carbocycles. The van der Waals surface area contributed by atoms with Crippen molar-refractivity contribution in [1.29, 1.82) is 0 Å². The largest absolute Gasteiger partial charge is 0.465 e. The van der Waals surface area contributed by atoms with E-state index in [4.69, 9.17) is 0 Å². The highest BCUT2D eigenvalue weighted by Crippen LogP contribution is 2.23. The van der Waals surface area contributed by atoms with Gasteiger partial charge in [-0.2, -0.15) is 0 Å². The van der Waals surface area contributed by atoms with Crippen LogP contribution in [0.15, 0.2) is 24.3 Å². The van der Waals surface area contributed by atoms with Crippen LogP contribution < -0.4 is 0 Å². The molecule has 2 atom stereocenters. The number of aliphatic hydroxyl groups excluding tert-OH is 1. The summed E-state index contributed by atoms with van der Waals surface area (Å²) in [6.45, 7) is 3.81. The number of carbonyl (C=O) groups excluding carboxylic acids is 1. The Kier molecular flexibility index (Phi) is 4.50. The number of rotatable bonds is 4. The molecule has 3 heteroatoms. The fourth-order valence-corrected chi connectivity index (χ4v) is 1.84. The minimum atomic E-state index is -0.381. The van der Waals surface area contributed by atoms with E-state index in [1.807, 2.05) is 19.1 Å². The Labute approximate surface area is 96.1 Å². The van der Waals surface area contributed by atoms with Crippen molar-refractivity contribution in [2.45, 2.75) is 32.3 Å². The molecule has 0 bridgehead atoms. The molecule has 0 aromatic heterocycles. The Hall–Kier alpha value is -1.35. The normalized spacial score (nSPS) is 14.2. The second kappa shape index (κ2) is 5.66. The highest BCUT2D eigenvalue weighted by atomic mass is 16.5. The van der Waals surface area contributed by atoms with Crippen molar-refractivity contribution >= 4 is 5.97 Å². The van der Waals surface area contributed by atoms with Crippen molar-refractivity contribution in [2.24, 2.45) is 0 Å². The van der Waals surface area contributed by atoms with Crippen LogP contribution in [0.3, 0.4) is 0 Å². The quantitative estimate of drug-likeness (QED) is 0.795. The Balaban J connectivity index is 2.89. The molecule has 1 aromatic carbocycles. The van der Waals surface area contributed by atoms with Crippen molar-refractivity contribution < 1.29 is 14.6 Å². The van der Waals surface area contributed by atoms with Gasteiger partial charge in [0.15, 0.2) is 0 Å². The van der Waals surface area contributed by atoms with Gasteiger partial charge in [0.25, 0.3) is 0 Å². The molecule has 0 heterocycles. The first-order valence-corrected chi connectivity index (χ1v) is 5.46. The minimum Gasteiger partial charge on any atom is -0.465 e. The number of carbonyl (C=O) groups is 1. The third kappa shape index (κ3) is 2.83. The van der Waals surface area contributed by atoms with Crippen LogP contribution in [0, 0.1) is 0 Å². The van der Waals surface area contributed by atoms with Gasteiger partial charge in [-0.15, -0.1) is 0 Å². The van der Waals surface area contributed by atoms with Gasteiger partial charge in [0.1, 0.15) is 0 Å². The Bertz CT molecular complexity index is 341. The van der Waals surface area contributed by atoms with Crippen molar-refractivity contribution in [3.8, 4) is 0 Å². The molecule has 0 aliphatic carbocycles. The van der Waals surface area contributed by atoms with E-state index in [2.05, 4.69) is 4.74 Å². The molecule has 1 N–H and O–H groups in total. The van der Waals surface area contributed by atoms with Crippen molar-refractivity contribution in [2.75, 3.05) is 7.11 Å². The predicted molar refractivity (Wildman–Crippen MR) is 62.5 cm³/mol. The molecule has 0 aliphatic rings. The van der Waals surface area contributed by atoms with Crippen LogP contribution >= 0.6 is 0 Å². The summed E-state index contributed by atoms with van der Waals surface area (Å²) in [7, 11) is 1.36. The first-order chi connectivity index (χ1) is 7.60. The molecule has 16 heavy (non-hydrogen) atoms. The van der Waals surface area contributed by atoms with Gasteiger partial charge in [0.2, 0.25) is 0 Å². The molecule has 0 radical (unpaired) electrons. The van der Waals surface area contributed by atoms with E-state index in [0.717, 1.165) is 12.0 Å². The predicted octanol–water partition coefficient (Wildman–Crippen LogP) is 2.35. The number of ether oxygens (including phenoxy) is 1. The summed E-state index contributed by atoms with van der Waals surface area (Å²) in [5, 5.41) is 9.60. The standard InChI is InChI=1S/C13H18O3/c1-4-12(9(2)14)10-5-7-11(8-6-10)13(15)16-3/h5-9,12,14H,4H2,1-3H3/t9-,12-/m1/s1. The van der Waals surface area contributed by atoms with Gasteiger partial charge in [-0.25, -0.2) is 4.79 Å². The minimum absolute atomic E-state index is 0.117. The molecule has 0 spiro atoms. The molecular weight excluding hydrogens is 204 g/mol. The number of benzene rings is 1. The van der Waals surface area contributed by atoms with Crippen LogP contribution in [0.25, 0.3) is 0 Å². The van der Waals surface area contributed by atoms with E-state index < -0.39 is 0 Å². The fraction of sp³-hybridized carbons (Fsp3) is 0.462. The Morgan fingerprint density at radius 1 is 1.38 bits per heavy atom. The van der Waals surface area contributed by atoms with Gasteiger partial charge >= 0.3 is 5.97 Å². The maximum atomic E-state index is 11.2. The first kappa shape index (κ1) is 12.7. The van der Waals surface area contributed by atoms with Crippen LogP contribution in [-0.4, -0.2) is 24.3 Å². The highest BCUT2D eigenvalue weighted by Gasteiger charge is 2.15. The summed E-state index contributed by atoms with van der Waals surface area (Å²) in [6.07, 6.45) is 0.490. The lowest BCUT2D eigenvalue weighted by molar-refractivity contribution is 0.0600. The number of hydrogen-bond donors (Lipinski definition) is 1. The molecule has 88 valence electrons. The fourth-order valence-electron chi connectivity index (χ4n) is 1.84. The van der Waals surface area contributed by atoms with Gasteiger partial charge in [-0.05, 0) is 31.0 Å². The molecule has 1 aromatic rings. The number of aliphatic hydroxyl groups is 1. The molecule has 1 rings (SSSR count). The molecule has 0 saturated heterocycles. The summed E-state index contributed by atoms with van der Waals surface area (Å²) in [5.41, 5.74) is 1.58. The van der Waals surface area contributed by atoms with Crippen molar-refractivity contribution in [1.82, 2.24) is 0 Å². The Morgan fingerprint density at radius 2 is 1.94 bits per heavy atom. The van der Waals surface area contributed by atoms with Gasteiger partial charge in [-0.1, -0.05) is 19.1 Å².